The molecule has 0 bridgehead atoms. The molecule has 0 unspecified atom stereocenters. The van der Waals surface area contributed by atoms with Gasteiger partial charge >= 0.3 is 0 Å². The van der Waals surface area contributed by atoms with Crippen molar-refractivity contribution in [2.24, 2.45) is 5.92 Å². The van der Waals surface area contributed by atoms with E-state index in [0.717, 1.165) is 0 Å². The van der Waals surface area contributed by atoms with Gasteiger partial charge in [0.25, 0.3) is 11.6 Å². The first-order chi connectivity index (χ1) is 11.5. The average Bonchev–Trinajstić information content (AvgIpc) is 2.93. The van der Waals surface area contributed by atoms with Crippen LogP contribution < -0.4 is 10.4 Å². The van der Waals surface area contributed by atoms with E-state index in [9.17, 15) is 19.7 Å². The number of nitro benzene ring substituents is 1. The van der Waals surface area contributed by atoms with E-state index < -0.39 is 16.9 Å². The zero-order valence-corrected chi connectivity index (χ0v) is 12.9. The molecule has 24 heavy (non-hydrogen) atoms. The van der Waals surface area contributed by atoms with Gasteiger partial charge < -0.3 is 0 Å². The van der Waals surface area contributed by atoms with Crippen LogP contribution in [-0.2, 0) is 9.59 Å². The smallest absolute Gasteiger partial charge is 0.269 e. The molecule has 1 aliphatic heterocycles. The van der Waals surface area contributed by atoms with Crippen LogP contribution in [0.25, 0.3) is 0 Å². The number of rotatable bonds is 4. The topological polar surface area (TPSA) is 92.6 Å². The van der Waals surface area contributed by atoms with Crippen LogP contribution in [0.15, 0.2) is 54.6 Å². The molecular weight excluding hydrogens is 310 g/mol. The summed E-state index contributed by atoms with van der Waals surface area (Å²) in [6.45, 7) is 1.35. The molecule has 0 aliphatic carbocycles. The number of nitro groups is 1. The lowest BCUT2D eigenvalue weighted by Gasteiger charge is -2.18. The molecule has 7 nitrogen and oxygen atoms in total. The molecule has 2 aromatic rings. The van der Waals surface area contributed by atoms with Gasteiger partial charge in [0.05, 0.1) is 16.7 Å². The molecule has 2 aromatic carbocycles. The van der Waals surface area contributed by atoms with E-state index in [1.165, 1.54) is 24.1 Å². The van der Waals surface area contributed by atoms with Gasteiger partial charge in [-0.3, -0.25) is 19.7 Å². The van der Waals surface area contributed by atoms with Crippen LogP contribution in [0.3, 0.4) is 0 Å². The molecule has 0 aromatic heterocycles. The molecule has 7 heteroatoms. The summed E-state index contributed by atoms with van der Waals surface area (Å²) in [5.41, 5.74) is 4.07. The van der Waals surface area contributed by atoms with Crippen molar-refractivity contribution in [3.8, 4) is 0 Å². The quantitative estimate of drug-likeness (QED) is 0.529. The third kappa shape index (κ3) is 2.77. The van der Waals surface area contributed by atoms with E-state index in [1.54, 1.807) is 36.4 Å². The first-order valence-electron chi connectivity index (χ1n) is 7.39. The lowest BCUT2D eigenvalue weighted by atomic mass is 9.91. The Bertz CT molecular complexity index is 806. The number of hydrogen-bond acceptors (Lipinski definition) is 5. The molecule has 0 saturated carbocycles. The Balaban J connectivity index is 2.00. The summed E-state index contributed by atoms with van der Waals surface area (Å²) in [6.07, 6.45) is 0. The number of nitrogens with zero attached hydrogens (tertiary/aromatic N) is 2. The van der Waals surface area contributed by atoms with Crippen LogP contribution in [-0.4, -0.2) is 16.6 Å². The summed E-state index contributed by atoms with van der Waals surface area (Å²) in [7, 11) is 0. The minimum atomic E-state index is -0.924. The number of ketones is 1. The van der Waals surface area contributed by atoms with E-state index >= 15 is 0 Å². The van der Waals surface area contributed by atoms with Crippen LogP contribution in [0.1, 0.15) is 18.5 Å². The van der Waals surface area contributed by atoms with Crippen molar-refractivity contribution >= 4 is 23.1 Å². The monoisotopic (exact) mass is 325 g/mol. The third-order valence-corrected chi connectivity index (χ3v) is 3.98. The molecular formula is C17H15N3O4. The Hall–Kier alpha value is -3.06. The summed E-state index contributed by atoms with van der Waals surface area (Å²) in [5.74, 6) is -1.58. The van der Waals surface area contributed by atoms with Crippen LogP contribution in [0.5, 0.6) is 0 Å². The number of para-hydroxylation sites is 1. The lowest BCUT2D eigenvalue weighted by molar-refractivity contribution is -0.384. The Morgan fingerprint density at radius 1 is 1.17 bits per heavy atom. The van der Waals surface area contributed by atoms with E-state index in [-0.39, 0.29) is 17.4 Å². The highest BCUT2D eigenvalue weighted by molar-refractivity contribution is 6.10. The number of non-ortho nitro benzene ring substituents is 1. The second-order valence-corrected chi connectivity index (χ2v) is 5.56. The van der Waals surface area contributed by atoms with Crippen LogP contribution in [0.4, 0.5) is 11.4 Å². The zero-order valence-electron chi connectivity index (χ0n) is 12.9. The van der Waals surface area contributed by atoms with Gasteiger partial charge in [0.15, 0.2) is 0 Å². The van der Waals surface area contributed by atoms with Gasteiger partial charge in [-0.15, -0.1) is 0 Å². The van der Waals surface area contributed by atoms with Gasteiger partial charge in [-0.2, -0.15) is 0 Å². The third-order valence-electron chi connectivity index (χ3n) is 3.98. The maximum Gasteiger partial charge on any atom is 0.269 e. The number of benzene rings is 2. The number of hydrazine groups is 1. The normalized spacial score (nSPS) is 20.2. The van der Waals surface area contributed by atoms with E-state index in [4.69, 9.17) is 0 Å². The molecule has 122 valence electrons. The maximum atomic E-state index is 12.7. The van der Waals surface area contributed by atoms with Crippen LogP contribution in [0, 0.1) is 16.0 Å². The SMILES string of the molecule is CC(=O)[C@H]1C(=O)N(c2ccccc2)N[C@@H]1c1cccc([N+](=O)[O-])c1. The highest BCUT2D eigenvalue weighted by Gasteiger charge is 2.44. The average molecular weight is 325 g/mol. The Morgan fingerprint density at radius 2 is 1.88 bits per heavy atom. The summed E-state index contributed by atoms with van der Waals surface area (Å²) in [6, 6.07) is 14.2. The second kappa shape index (κ2) is 6.21. The number of anilines is 1. The Morgan fingerprint density at radius 3 is 2.50 bits per heavy atom. The molecule has 2 atom stereocenters. The number of hydrogen-bond donors (Lipinski definition) is 1. The zero-order chi connectivity index (χ0) is 17.3. The minimum absolute atomic E-state index is 0.0813. The highest BCUT2D eigenvalue weighted by atomic mass is 16.6. The molecule has 0 radical (unpaired) electrons. The lowest BCUT2D eigenvalue weighted by Crippen LogP contribution is -2.35. The fraction of sp³-hybridized carbons (Fsp3) is 0.176. The summed E-state index contributed by atoms with van der Waals surface area (Å²) in [4.78, 5) is 35.1. The fourth-order valence-corrected chi connectivity index (χ4v) is 2.85. The van der Waals surface area contributed by atoms with Crippen molar-refractivity contribution in [1.29, 1.82) is 0 Å². The van der Waals surface area contributed by atoms with Crippen LogP contribution >= 0.6 is 0 Å². The Kier molecular flexibility index (Phi) is 4.09. The molecule has 3 rings (SSSR count). The molecule has 1 fully saturated rings. The number of carbonyl (C=O) groups excluding carboxylic acids is 2. The van der Waals surface area contributed by atoms with Gasteiger partial charge in [0.2, 0.25) is 0 Å². The molecule has 1 amide bonds. The maximum absolute atomic E-state index is 12.7. The van der Waals surface area contributed by atoms with Gasteiger partial charge in [-0.1, -0.05) is 30.3 Å². The molecule has 1 N–H and O–H groups in total. The van der Waals surface area contributed by atoms with Gasteiger partial charge in [-0.05, 0) is 24.6 Å². The van der Waals surface area contributed by atoms with Crippen molar-refractivity contribution < 1.29 is 14.5 Å². The first-order valence-corrected chi connectivity index (χ1v) is 7.39. The van der Waals surface area contributed by atoms with Crippen LogP contribution in [0.2, 0.25) is 0 Å². The summed E-state index contributed by atoms with van der Waals surface area (Å²) >= 11 is 0. The minimum Gasteiger partial charge on any atom is -0.299 e. The highest BCUT2D eigenvalue weighted by Crippen LogP contribution is 2.34. The van der Waals surface area contributed by atoms with Crippen molar-refractivity contribution in [2.75, 3.05) is 5.01 Å². The molecule has 1 aliphatic rings. The molecule has 1 heterocycles. The summed E-state index contributed by atoms with van der Waals surface area (Å²) in [5, 5.41) is 12.3. The number of Topliss-reactive ketones (excluding diaryl/α,β-unsaturated/α-hetero) is 1. The van der Waals surface area contributed by atoms with Gasteiger partial charge in [0.1, 0.15) is 11.7 Å². The predicted octanol–water partition coefficient (Wildman–Crippen LogP) is 2.39. The number of nitrogens with one attached hydrogen (secondary N) is 1. The molecule has 1 saturated heterocycles. The molecule has 0 spiro atoms. The second-order valence-electron chi connectivity index (χ2n) is 5.56. The van der Waals surface area contributed by atoms with Crippen molar-refractivity contribution in [2.45, 2.75) is 13.0 Å². The van der Waals surface area contributed by atoms with Crippen molar-refractivity contribution in [1.82, 2.24) is 5.43 Å². The largest absolute Gasteiger partial charge is 0.299 e. The van der Waals surface area contributed by atoms with Gasteiger partial charge in [-0.25, -0.2) is 10.4 Å². The Labute approximate surface area is 138 Å². The van der Waals surface area contributed by atoms with E-state index in [1.807, 2.05) is 6.07 Å². The first kappa shape index (κ1) is 15.8. The van der Waals surface area contributed by atoms with E-state index in [0.29, 0.717) is 11.3 Å². The number of carbonyl (C=O) groups is 2. The van der Waals surface area contributed by atoms with Crippen molar-refractivity contribution in [3.63, 3.8) is 0 Å². The van der Waals surface area contributed by atoms with Gasteiger partial charge in [0, 0.05) is 12.1 Å². The summed E-state index contributed by atoms with van der Waals surface area (Å²) < 4.78 is 0. The number of amides is 1. The fourth-order valence-electron chi connectivity index (χ4n) is 2.85. The van der Waals surface area contributed by atoms with Crippen molar-refractivity contribution in [3.05, 3.63) is 70.3 Å². The van der Waals surface area contributed by atoms with E-state index in [2.05, 4.69) is 5.43 Å². The predicted molar refractivity (Wildman–Crippen MR) is 87.1 cm³/mol. The standard InChI is InChI=1S/C17H15N3O4/c1-11(21)15-16(12-6-5-9-14(10-12)20(23)24)18-19(17(15)22)13-7-3-2-4-8-13/h2-10,15-16,18H,1H3/t15-,16-/m1/s1.